The lowest BCUT2D eigenvalue weighted by Gasteiger charge is -2.14. The van der Waals surface area contributed by atoms with E-state index in [9.17, 15) is 9.59 Å². The lowest BCUT2D eigenvalue weighted by atomic mass is 10.2. The fourth-order valence-corrected chi connectivity index (χ4v) is 2.51. The van der Waals surface area contributed by atoms with Crippen LogP contribution in [0.1, 0.15) is 53.3 Å². The molecule has 1 N–H and O–H groups in total. The molecular weight excluding hydrogens is 280 g/mol. The Morgan fingerprint density at radius 1 is 0.955 bits per heavy atom. The molecule has 122 valence electrons. The van der Waals surface area contributed by atoms with Gasteiger partial charge in [0.15, 0.2) is 5.65 Å². The number of aromatic amines is 1. The Hall–Kier alpha value is -1.85. The van der Waals surface area contributed by atoms with Crippen LogP contribution >= 0.6 is 0 Å². The SMILES string of the molecule is CC(C)Cn1c(=O)c2[nH]c(C(C)C)nc2n(CC(C)C)c1=O. The van der Waals surface area contributed by atoms with Crippen LogP contribution < -0.4 is 11.2 Å². The molecule has 0 saturated carbocycles. The second-order valence-electron chi connectivity index (χ2n) is 7.07. The molecule has 22 heavy (non-hydrogen) atoms. The van der Waals surface area contributed by atoms with Crippen LogP contribution in [0.15, 0.2) is 9.59 Å². The average molecular weight is 306 g/mol. The zero-order valence-corrected chi connectivity index (χ0v) is 14.3. The summed E-state index contributed by atoms with van der Waals surface area (Å²) in [6, 6.07) is 0. The second-order valence-corrected chi connectivity index (χ2v) is 7.07. The molecule has 0 aromatic carbocycles. The molecule has 6 heteroatoms. The van der Waals surface area contributed by atoms with E-state index in [2.05, 4.69) is 9.97 Å². The van der Waals surface area contributed by atoms with E-state index in [0.717, 1.165) is 5.82 Å². The van der Waals surface area contributed by atoms with E-state index in [0.29, 0.717) is 30.2 Å². The van der Waals surface area contributed by atoms with Crippen molar-refractivity contribution in [1.82, 2.24) is 19.1 Å². The maximum atomic E-state index is 12.7. The van der Waals surface area contributed by atoms with Gasteiger partial charge in [0, 0.05) is 19.0 Å². The van der Waals surface area contributed by atoms with Crippen LogP contribution in [-0.4, -0.2) is 19.1 Å². The van der Waals surface area contributed by atoms with Crippen LogP contribution in [0, 0.1) is 11.8 Å². The molecule has 0 radical (unpaired) electrons. The minimum atomic E-state index is -0.270. The summed E-state index contributed by atoms with van der Waals surface area (Å²) in [5.74, 6) is 1.44. The van der Waals surface area contributed by atoms with E-state index in [1.54, 1.807) is 4.57 Å². The lowest BCUT2D eigenvalue weighted by Crippen LogP contribution is -2.41. The summed E-state index contributed by atoms with van der Waals surface area (Å²) >= 11 is 0. The van der Waals surface area contributed by atoms with E-state index in [4.69, 9.17) is 0 Å². The number of aromatic nitrogens is 4. The first kappa shape index (κ1) is 16.5. The molecule has 2 heterocycles. The molecule has 0 atom stereocenters. The van der Waals surface area contributed by atoms with Crippen LogP contribution in [0.3, 0.4) is 0 Å². The lowest BCUT2D eigenvalue weighted by molar-refractivity contribution is 0.450. The molecule has 0 saturated heterocycles. The average Bonchev–Trinajstić information content (AvgIpc) is 2.84. The van der Waals surface area contributed by atoms with Crippen LogP contribution in [-0.2, 0) is 13.1 Å². The van der Waals surface area contributed by atoms with Crippen molar-refractivity contribution < 1.29 is 0 Å². The second kappa shape index (κ2) is 6.10. The Morgan fingerprint density at radius 2 is 1.50 bits per heavy atom. The molecule has 0 aliphatic carbocycles. The summed E-state index contributed by atoms with van der Waals surface area (Å²) in [6.45, 7) is 13.1. The highest BCUT2D eigenvalue weighted by Gasteiger charge is 2.19. The Bertz CT molecular complexity index is 778. The number of imidazole rings is 1. The zero-order valence-electron chi connectivity index (χ0n) is 14.3. The molecule has 0 amide bonds. The van der Waals surface area contributed by atoms with Crippen molar-refractivity contribution in [1.29, 1.82) is 0 Å². The third kappa shape index (κ3) is 3.00. The molecule has 0 bridgehead atoms. The monoisotopic (exact) mass is 306 g/mol. The Morgan fingerprint density at radius 3 is 2.00 bits per heavy atom. The van der Waals surface area contributed by atoms with Gasteiger partial charge in [-0.25, -0.2) is 9.78 Å². The molecule has 2 aromatic heterocycles. The minimum absolute atomic E-state index is 0.174. The molecule has 2 rings (SSSR count). The van der Waals surface area contributed by atoms with Crippen molar-refractivity contribution in [2.75, 3.05) is 0 Å². The van der Waals surface area contributed by atoms with Crippen molar-refractivity contribution in [2.24, 2.45) is 11.8 Å². The Kier molecular flexibility index (Phi) is 4.58. The summed E-state index contributed by atoms with van der Waals surface area (Å²) in [5.41, 5.74) is 0.381. The molecule has 0 unspecified atom stereocenters. The van der Waals surface area contributed by atoms with E-state index < -0.39 is 0 Å². The van der Waals surface area contributed by atoms with E-state index in [1.807, 2.05) is 41.5 Å². The first-order chi connectivity index (χ1) is 10.2. The smallest absolute Gasteiger partial charge is 0.332 e. The summed E-state index contributed by atoms with van der Waals surface area (Å²) in [7, 11) is 0. The van der Waals surface area contributed by atoms with E-state index >= 15 is 0 Å². The van der Waals surface area contributed by atoms with Gasteiger partial charge in [-0.15, -0.1) is 0 Å². The van der Waals surface area contributed by atoms with Crippen LogP contribution in [0.25, 0.3) is 11.2 Å². The first-order valence-corrected chi connectivity index (χ1v) is 7.95. The zero-order chi connectivity index (χ0) is 16.6. The van der Waals surface area contributed by atoms with Gasteiger partial charge in [-0.3, -0.25) is 13.9 Å². The topological polar surface area (TPSA) is 72.7 Å². The molecule has 2 aromatic rings. The van der Waals surface area contributed by atoms with Gasteiger partial charge in [0.25, 0.3) is 5.56 Å². The van der Waals surface area contributed by atoms with Crippen molar-refractivity contribution in [3.63, 3.8) is 0 Å². The predicted octanol–water partition coefficient (Wildman–Crippen LogP) is 2.32. The molecule has 0 fully saturated rings. The highest BCUT2D eigenvalue weighted by molar-refractivity contribution is 5.70. The summed E-state index contributed by atoms with van der Waals surface area (Å²) < 4.78 is 2.96. The molecule has 0 spiro atoms. The van der Waals surface area contributed by atoms with Gasteiger partial charge in [-0.1, -0.05) is 41.5 Å². The Balaban J connectivity index is 2.82. The molecular formula is C16H26N4O2. The quantitative estimate of drug-likeness (QED) is 0.921. The van der Waals surface area contributed by atoms with Gasteiger partial charge in [0.1, 0.15) is 11.3 Å². The number of hydrogen-bond acceptors (Lipinski definition) is 3. The third-order valence-electron chi connectivity index (χ3n) is 3.52. The Labute approximate surface area is 130 Å². The number of fused-ring (bicyclic) bond motifs is 1. The highest BCUT2D eigenvalue weighted by Crippen LogP contribution is 2.14. The standard InChI is InChI=1S/C16H26N4O2/c1-9(2)7-19-14-12(17-13(18-14)11(5)6)15(21)20(16(19)22)8-10(3)4/h9-11H,7-8H2,1-6H3,(H,17,18). The number of H-pyrrole nitrogens is 1. The fourth-order valence-electron chi connectivity index (χ4n) is 2.51. The van der Waals surface area contributed by atoms with Gasteiger partial charge >= 0.3 is 5.69 Å². The third-order valence-corrected chi connectivity index (χ3v) is 3.52. The van der Waals surface area contributed by atoms with Crippen LogP contribution in [0.5, 0.6) is 0 Å². The summed E-state index contributed by atoms with van der Waals surface area (Å²) in [6.07, 6.45) is 0. The molecule has 6 nitrogen and oxygen atoms in total. The number of hydrogen-bond donors (Lipinski definition) is 1. The van der Waals surface area contributed by atoms with Crippen molar-refractivity contribution in [2.45, 2.75) is 60.5 Å². The highest BCUT2D eigenvalue weighted by atomic mass is 16.2. The van der Waals surface area contributed by atoms with Crippen molar-refractivity contribution in [3.8, 4) is 0 Å². The maximum Gasteiger partial charge on any atom is 0.332 e. The van der Waals surface area contributed by atoms with Gasteiger partial charge in [0.2, 0.25) is 0 Å². The number of nitrogens with zero attached hydrogens (tertiary/aromatic N) is 3. The van der Waals surface area contributed by atoms with Gasteiger partial charge < -0.3 is 4.98 Å². The van der Waals surface area contributed by atoms with Gasteiger partial charge in [-0.2, -0.15) is 0 Å². The van der Waals surface area contributed by atoms with E-state index in [1.165, 1.54) is 4.57 Å². The first-order valence-electron chi connectivity index (χ1n) is 7.95. The van der Waals surface area contributed by atoms with Crippen molar-refractivity contribution in [3.05, 3.63) is 26.7 Å². The largest absolute Gasteiger partial charge is 0.336 e. The molecule has 0 aliphatic rings. The minimum Gasteiger partial charge on any atom is -0.336 e. The van der Waals surface area contributed by atoms with E-state index in [-0.39, 0.29) is 23.1 Å². The number of nitrogens with one attached hydrogen (secondary N) is 1. The summed E-state index contributed by atoms with van der Waals surface area (Å²) in [5, 5.41) is 0. The van der Waals surface area contributed by atoms with Gasteiger partial charge in [-0.05, 0) is 11.8 Å². The van der Waals surface area contributed by atoms with Crippen LogP contribution in [0.2, 0.25) is 0 Å². The molecule has 0 aliphatic heterocycles. The summed E-state index contributed by atoms with van der Waals surface area (Å²) in [4.78, 5) is 33.0. The normalized spacial score (nSPS) is 12.2. The number of rotatable bonds is 5. The predicted molar refractivity (Wildman–Crippen MR) is 88.4 cm³/mol. The fraction of sp³-hybridized carbons (Fsp3) is 0.688. The van der Waals surface area contributed by atoms with Gasteiger partial charge in [0.05, 0.1) is 0 Å². The van der Waals surface area contributed by atoms with Crippen molar-refractivity contribution >= 4 is 11.2 Å². The van der Waals surface area contributed by atoms with Crippen LogP contribution in [0.4, 0.5) is 0 Å². The maximum absolute atomic E-state index is 12.7.